The molecule has 0 aromatic heterocycles. The van der Waals surface area contributed by atoms with Crippen molar-refractivity contribution in [1.29, 1.82) is 0 Å². The van der Waals surface area contributed by atoms with Crippen LogP contribution in [0.1, 0.15) is 10.4 Å². The predicted octanol–water partition coefficient (Wildman–Crippen LogP) is 3.17. The summed E-state index contributed by atoms with van der Waals surface area (Å²) >= 11 is 5.32. The van der Waals surface area contributed by atoms with Gasteiger partial charge in [-0.2, -0.15) is 8.78 Å². The highest BCUT2D eigenvalue weighted by Crippen LogP contribution is 2.20. The van der Waals surface area contributed by atoms with Crippen LogP contribution in [0.4, 0.5) is 8.78 Å². The molecule has 0 aliphatic heterocycles. The minimum absolute atomic E-state index is 0.334. The van der Waals surface area contributed by atoms with Gasteiger partial charge in [0.25, 0.3) is 5.91 Å². The molecule has 1 amide bonds. The maximum Gasteiger partial charge on any atom is 0.318 e. The fraction of sp³-hybridized carbons (Fsp3) is 0.222. The molecule has 0 saturated heterocycles. The first kappa shape index (κ1) is 12.6. The Morgan fingerprint density at radius 2 is 2.13 bits per heavy atom. The molecule has 0 saturated carbocycles. The molecule has 0 aliphatic rings. The number of hydrogen-bond donors (Lipinski definition) is 1. The Morgan fingerprint density at radius 3 is 2.67 bits per heavy atom. The number of carbonyl (C=O) groups is 1. The highest BCUT2D eigenvalue weighted by atomic mass is 79.9. The highest BCUT2D eigenvalue weighted by Gasteiger charge is 2.24. The molecule has 0 atom stereocenters. The van der Waals surface area contributed by atoms with Gasteiger partial charge in [0, 0.05) is 10.0 Å². The van der Waals surface area contributed by atoms with Crippen LogP contribution in [-0.2, 0) is 0 Å². The van der Waals surface area contributed by atoms with Crippen molar-refractivity contribution in [2.45, 2.75) is 4.83 Å². The zero-order chi connectivity index (χ0) is 11.5. The molecule has 0 aliphatic carbocycles. The first-order valence-electron chi connectivity index (χ1n) is 3.99. The molecule has 0 bridgehead atoms. The van der Waals surface area contributed by atoms with Crippen LogP contribution in [0, 0.1) is 0 Å². The summed E-state index contributed by atoms with van der Waals surface area (Å²) in [4.78, 5) is 8.28. The second-order valence-corrected chi connectivity index (χ2v) is 4.88. The molecule has 1 N–H and O–H groups in total. The van der Waals surface area contributed by atoms with E-state index in [0.29, 0.717) is 5.56 Å². The number of rotatable bonds is 3. The molecule has 1 aromatic carbocycles. The van der Waals surface area contributed by atoms with Crippen LogP contribution in [0.3, 0.4) is 0 Å². The minimum Gasteiger partial charge on any atom is -0.345 e. The first-order valence-corrected chi connectivity index (χ1v) is 5.57. The molecule has 82 valence electrons. The second-order valence-electron chi connectivity index (χ2n) is 2.81. The van der Waals surface area contributed by atoms with Crippen LogP contribution in [0.25, 0.3) is 0 Å². The molecule has 0 spiro atoms. The topological polar surface area (TPSA) is 29.1 Å². The van der Waals surface area contributed by atoms with Crippen LogP contribution in [0.2, 0.25) is 0 Å². The normalized spacial score (nSPS) is 11.2. The van der Waals surface area contributed by atoms with Gasteiger partial charge in [0.1, 0.15) is 0 Å². The lowest BCUT2D eigenvalue weighted by molar-refractivity contribution is 0.0835. The van der Waals surface area contributed by atoms with E-state index in [1.165, 1.54) is 0 Å². The van der Waals surface area contributed by atoms with E-state index in [4.69, 9.17) is 0 Å². The number of benzene rings is 1. The standard InChI is InChI=1S/C9H7Br2F2NO/c10-7-3-1-2-6(4-7)8(15)14-5-9(11,12)13/h1-4H,5H2,(H,14,15). The first-order chi connectivity index (χ1) is 6.88. The number of amides is 1. The van der Waals surface area contributed by atoms with Crippen LogP contribution >= 0.6 is 31.9 Å². The van der Waals surface area contributed by atoms with E-state index in [9.17, 15) is 13.6 Å². The van der Waals surface area contributed by atoms with Gasteiger partial charge in [0.05, 0.1) is 6.54 Å². The minimum atomic E-state index is -3.07. The Kier molecular flexibility index (Phi) is 4.21. The van der Waals surface area contributed by atoms with Crippen molar-refractivity contribution in [3.8, 4) is 0 Å². The SMILES string of the molecule is O=C(NCC(F)(F)Br)c1cccc(Br)c1. The van der Waals surface area contributed by atoms with Crippen LogP contribution < -0.4 is 5.32 Å². The molecule has 6 heteroatoms. The highest BCUT2D eigenvalue weighted by molar-refractivity contribution is 9.10. The summed E-state index contributed by atoms with van der Waals surface area (Å²) in [5, 5.41) is 2.11. The third-order valence-corrected chi connectivity index (χ3v) is 2.31. The summed E-state index contributed by atoms with van der Waals surface area (Å²) in [7, 11) is 0. The molecule has 0 unspecified atom stereocenters. The van der Waals surface area contributed by atoms with E-state index in [2.05, 4.69) is 37.2 Å². The van der Waals surface area contributed by atoms with Gasteiger partial charge in [-0.15, -0.1) is 0 Å². The molecule has 0 heterocycles. The van der Waals surface area contributed by atoms with Crippen molar-refractivity contribution >= 4 is 37.8 Å². The lowest BCUT2D eigenvalue weighted by Crippen LogP contribution is -2.32. The number of alkyl halides is 3. The van der Waals surface area contributed by atoms with Gasteiger partial charge in [-0.25, -0.2) is 0 Å². The van der Waals surface area contributed by atoms with Gasteiger partial charge in [0.2, 0.25) is 0 Å². The predicted molar refractivity (Wildman–Crippen MR) is 60.3 cm³/mol. The summed E-state index contributed by atoms with van der Waals surface area (Å²) in [6, 6.07) is 6.51. The zero-order valence-corrected chi connectivity index (χ0v) is 10.6. The average Bonchev–Trinajstić information content (AvgIpc) is 2.13. The van der Waals surface area contributed by atoms with Crippen molar-refractivity contribution in [3.63, 3.8) is 0 Å². The fourth-order valence-corrected chi connectivity index (χ4v) is 1.45. The molecular formula is C9H7Br2F2NO. The Bertz CT molecular complexity index is 365. The summed E-state index contributed by atoms with van der Waals surface area (Å²) in [5.41, 5.74) is 0.334. The lowest BCUT2D eigenvalue weighted by atomic mass is 10.2. The van der Waals surface area contributed by atoms with E-state index < -0.39 is 17.3 Å². The fourth-order valence-electron chi connectivity index (χ4n) is 0.912. The lowest BCUT2D eigenvalue weighted by Gasteiger charge is -2.09. The Labute approximate surface area is 102 Å². The molecule has 1 rings (SSSR count). The monoisotopic (exact) mass is 341 g/mol. The Hall–Kier alpha value is -0.490. The largest absolute Gasteiger partial charge is 0.345 e. The van der Waals surface area contributed by atoms with Crippen molar-refractivity contribution in [3.05, 3.63) is 34.3 Å². The average molecular weight is 343 g/mol. The third-order valence-electron chi connectivity index (χ3n) is 1.54. The quantitative estimate of drug-likeness (QED) is 0.840. The van der Waals surface area contributed by atoms with Crippen molar-refractivity contribution in [2.24, 2.45) is 0 Å². The Balaban J connectivity index is 2.62. The van der Waals surface area contributed by atoms with Gasteiger partial charge in [-0.1, -0.05) is 22.0 Å². The van der Waals surface area contributed by atoms with E-state index >= 15 is 0 Å². The van der Waals surface area contributed by atoms with Crippen molar-refractivity contribution in [2.75, 3.05) is 6.54 Å². The number of hydrogen-bond acceptors (Lipinski definition) is 1. The zero-order valence-electron chi connectivity index (χ0n) is 7.44. The van der Waals surface area contributed by atoms with Gasteiger partial charge in [-0.05, 0) is 34.1 Å². The van der Waals surface area contributed by atoms with Gasteiger partial charge >= 0.3 is 4.83 Å². The van der Waals surface area contributed by atoms with Crippen molar-refractivity contribution in [1.82, 2.24) is 5.32 Å². The third kappa shape index (κ3) is 4.70. The van der Waals surface area contributed by atoms with Crippen LogP contribution in [0.15, 0.2) is 28.7 Å². The maximum atomic E-state index is 12.4. The number of carbonyl (C=O) groups excluding carboxylic acids is 1. The Morgan fingerprint density at radius 1 is 1.47 bits per heavy atom. The van der Waals surface area contributed by atoms with Gasteiger partial charge in [0.15, 0.2) is 0 Å². The summed E-state index contributed by atoms with van der Waals surface area (Å²) in [5.74, 6) is -0.532. The van der Waals surface area contributed by atoms with Crippen LogP contribution in [-0.4, -0.2) is 17.3 Å². The smallest absolute Gasteiger partial charge is 0.318 e. The van der Waals surface area contributed by atoms with Gasteiger partial charge in [-0.3, -0.25) is 4.79 Å². The summed E-state index contributed by atoms with van der Waals surface area (Å²) in [6.07, 6.45) is 0. The van der Waals surface area contributed by atoms with Crippen molar-refractivity contribution < 1.29 is 13.6 Å². The molecular weight excluding hydrogens is 336 g/mol. The number of nitrogens with one attached hydrogen (secondary N) is 1. The van der Waals surface area contributed by atoms with E-state index in [-0.39, 0.29) is 0 Å². The molecule has 15 heavy (non-hydrogen) atoms. The molecule has 1 aromatic rings. The summed E-state index contributed by atoms with van der Waals surface area (Å²) < 4.78 is 25.5. The molecule has 0 fully saturated rings. The summed E-state index contributed by atoms with van der Waals surface area (Å²) in [6.45, 7) is -0.738. The van der Waals surface area contributed by atoms with E-state index in [1.807, 2.05) is 0 Å². The second kappa shape index (κ2) is 5.03. The van der Waals surface area contributed by atoms with E-state index in [1.54, 1.807) is 24.3 Å². The van der Waals surface area contributed by atoms with Crippen LogP contribution in [0.5, 0.6) is 0 Å². The van der Waals surface area contributed by atoms with E-state index in [0.717, 1.165) is 4.47 Å². The maximum absolute atomic E-state index is 12.4. The molecule has 0 radical (unpaired) electrons. The molecule has 2 nitrogen and oxygen atoms in total. The van der Waals surface area contributed by atoms with Gasteiger partial charge < -0.3 is 5.32 Å². The number of halogens is 4.